The van der Waals surface area contributed by atoms with E-state index >= 15 is 0 Å². The first-order valence-corrected chi connectivity index (χ1v) is 13.3. The molecule has 186 valence electrons. The van der Waals surface area contributed by atoms with E-state index in [2.05, 4.69) is 29.2 Å². The highest BCUT2D eigenvalue weighted by Crippen LogP contribution is 2.32. The van der Waals surface area contributed by atoms with Gasteiger partial charge in [0, 0.05) is 16.9 Å². The number of carbonyl (C=O) groups excluding carboxylic acids is 1. The maximum absolute atomic E-state index is 12.0. The number of thioether (sulfide) groups is 1. The molecule has 0 atom stereocenters. The first kappa shape index (κ1) is 25.6. The van der Waals surface area contributed by atoms with Gasteiger partial charge in [-0.3, -0.25) is 0 Å². The van der Waals surface area contributed by atoms with Crippen LogP contribution in [0.2, 0.25) is 0 Å². The largest absolute Gasteiger partial charge is 0.494 e. The number of H-pyrrole nitrogens is 1. The van der Waals surface area contributed by atoms with Crippen molar-refractivity contribution in [1.29, 1.82) is 0 Å². The summed E-state index contributed by atoms with van der Waals surface area (Å²) in [6, 6.07) is 27.7. The van der Waals surface area contributed by atoms with E-state index in [1.54, 1.807) is 23.9 Å². The number of ether oxygens (including phenoxy) is 2. The second kappa shape index (κ2) is 13.0. The van der Waals surface area contributed by atoms with Crippen LogP contribution in [0.3, 0.4) is 0 Å². The van der Waals surface area contributed by atoms with Gasteiger partial charge in [-0.05, 0) is 43.0 Å². The molecule has 0 bridgehead atoms. The van der Waals surface area contributed by atoms with Crippen molar-refractivity contribution in [3.63, 3.8) is 0 Å². The third kappa shape index (κ3) is 7.25. The van der Waals surface area contributed by atoms with Crippen LogP contribution < -0.4 is 4.74 Å². The lowest BCUT2D eigenvalue weighted by Crippen LogP contribution is -2.10. The number of imidazole rings is 1. The molecule has 0 aliphatic rings. The molecular formula is C30H32N2O3S. The maximum atomic E-state index is 12.0. The number of nitrogens with zero attached hydrogens (tertiary/aromatic N) is 1. The summed E-state index contributed by atoms with van der Waals surface area (Å²) in [5, 5.41) is 0.925. The lowest BCUT2D eigenvalue weighted by Gasteiger charge is -2.08. The minimum Gasteiger partial charge on any atom is -0.494 e. The predicted octanol–water partition coefficient (Wildman–Crippen LogP) is 7.51. The van der Waals surface area contributed by atoms with Crippen molar-refractivity contribution in [2.75, 3.05) is 19.0 Å². The van der Waals surface area contributed by atoms with Crippen molar-refractivity contribution in [3.05, 3.63) is 90.5 Å². The van der Waals surface area contributed by atoms with Gasteiger partial charge in [0.15, 0.2) is 5.16 Å². The van der Waals surface area contributed by atoms with Crippen LogP contribution >= 0.6 is 11.8 Å². The summed E-state index contributed by atoms with van der Waals surface area (Å²) in [6.45, 7) is 5.08. The van der Waals surface area contributed by atoms with Gasteiger partial charge in [-0.15, -0.1) is 0 Å². The minimum atomic E-state index is -0.295. The summed E-state index contributed by atoms with van der Waals surface area (Å²) in [5.74, 6) is 1.73. The van der Waals surface area contributed by atoms with Crippen LogP contribution in [0.25, 0.3) is 22.5 Å². The molecule has 0 aliphatic heterocycles. The van der Waals surface area contributed by atoms with Crippen molar-refractivity contribution in [2.24, 2.45) is 5.92 Å². The molecule has 0 amide bonds. The standard InChI is InChI=1S/C30H32N2O3S/c1-22(2)21-35-29(33)25-15-17-26(18-16-25)34-19-9-10-20-36-30-31-27(23-11-5-3-6-12-23)28(32-30)24-13-7-4-8-14-24/h3-8,11-18,22H,9-10,19-21H2,1-2H3,(H,31,32). The molecule has 0 aliphatic carbocycles. The van der Waals surface area contributed by atoms with Gasteiger partial charge in [0.1, 0.15) is 5.75 Å². The average Bonchev–Trinajstić information content (AvgIpc) is 3.35. The molecule has 1 aromatic heterocycles. The van der Waals surface area contributed by atoms with E-state index in [-0.39, 0.29) is 5.97 Å². The lowest BCUT2D eigenvalue weighted by atomic mass is 10.1. The second-order valence-corrected chi connectivity index (χ2v) is 10.0. The number of hydrogen-bond donors (Lipinski definition) is 1. The first-order valence-electron chi connectivity index (χ1n) is 12.3. The van der Waals surface area contributed by atoms with Gasteiger partial charge in [-0.2, -0.15) is 0 Å². The van der Waals surface area contributed by atoms with Crippen molar-refractivity contribution in [1.82, 2.24) is 9.97 Å². The summed E-state index contributed by atoms with van der Waals surface area (Å²) < 4.78 is 11.1. The van der Waals surface area contributed by atoms with Crippen LogP contribution in [0.4, 0.5) is 0 Å². The highest BCUT2D eigenvalue weighted by atomic mass is 32.2. The topological polar surface area (TPSA) is 64.2 Å². The Morgan fingerprint density at radius 1 is 0.889 bits per heavy atom. The van der Waals surface area contributed by atoms with Gasteiger partial charge >= 0.3 is 5.97 Å². The normalized spacial score (nSPS) is 11.0. The molecule has 0 fully saturated rings. The second-order valence-electron chi connectivity index (χ2n) is 8.92. The number of esters is 1. The third-order valence-electron chi connectivity index (χ3n) is 5.48. The molecule has 5 nitrogen and oxygen atoms in total. The first-order chi connectivity index (χ1) is 17.6. The maximum Gasteiger partial charge on any atom is 0.338 e. The fourth-order valence-corrected chi connectivity index (χ4v) is 4.49. The fraction of sp³-hybridized carbons (Fsp3) is 0.267. The fourth-order valence-electron chi connectivity index (χ4n) is 3.61. The predicted molar refractivity (Wildman–Crippen MR) is 146 cm³/mol. The molecule has 0 saturated carbocycles. The van der Waals surface area contributed by atoms with E-state index in [0.717, 1.165) is 52.0 Å². The van der Waals surface area contributed by atoms with Gasteiger partial charge in [0.05, 0.1) is 30.2 Å². The van der Waals surface area contributed by atoms with Crippen LogP contribution in [-0.4, -0.2) is 34.9 Å². The molecule has 0 spiro atoms. The molecule has 36 heavy (non-hydrogen) atoms. The highest BCUT2D eigenvalue weighted by molar-refractivity contribution is 7.99. The average molecular weight is 501 g/mol. The van der Waals surface area contributed by atoms with Crippen LogP contribution in [0.15, 0.2) is 90.1 Å². The molecule has 0 saturated heterocycles. The van der Waals surface area contributed by atoms with Crippen LogP contribution in [0.5, 0.6) is 5.75 Å². The number of rotatable bonds is 12. The zero-order chi connectivity index (χ0) is 25.2. The molecule has 0 radical (unpaired) electrons. The third-order valence-corrected chi connectivity index (χ3v) is 6.44. The molecule has 4 rings (SSSR count). The van der Waals surface area contributed by atoms with E-state index in [1.807, 2.05) is 62.4 Å². The number of aromatic nitrogens is 2. The number of benzene rings is 3. The quantitative estimate of drug-likeness (QED) is 0.124. The number of unbranched alkanes of at least 4 members (excludes halogenated alkanes) is 1. The Balaban J connectivity index is 1.25. The summed E-state index contributed by atoms with van der Waals surface area (Å²) >= 11 is 1.73. The van der Waals surface area contributed by atoms with Gasteiger partial charge in [0.25, 0.3) is 0 Å². The van der Waals surface area contributed by atoms with E-state index in [9.17, 15) is 4.79 Å². The molecule has 4 aromatic rings. The van der Waals surface area contributed by atoms with Crippen molar-refractivity contribution >= 4 is 17.7 Å². The molecule has 1 N–H and O–H groups in total. The van der Waals surface area contributed by atoms with Gasteiger partial charge < -0.3 is 14.5 Å². The van der Waals surface area contributed by atoms with E-state index in [1.165, 1.54) is 0 Å². The molecule has 1 heterocycles. The number of nitrogens with one attached hydrogen (secondary N) is 1. The molecule has 3 aromatic carbocycles. The Morgan fingerprint density at radius 2 is 1.56 bits per heavy atom. The molecular weight excluding hydrogens is 468 g/mol. The minimum absolute atomic E-state index is 0.295. The summed E-state index contributed by atoms with van der Waals surface area (Å²) in [6.07, 6.45) is 1.94. The number of hydrogen-bond acceptors (Lipinski definition) is 5. The van der Waals surface area contributed by atoms with Crippen molar-refractivity contribution in [3.8, 4) is 28.3 Å². The Labute approximate surface area is 217 Å². The Kier molecular flexibility index (Phi) is 9.22. The van der Waals surface area contributed by atoms with Crippen LogP contribution in [-0.2, 0) is 4.74 Å². The van der Waals surface area contributed by atoms with E-state index in [4.69, 9.17) is 14.5 Å². The number of aromatic amines is 1. The van der Waals surface area contributed by atoms with E-state index < -0.39 is 0 Å². The summed E-state index contributed by atoms with van der Waals surface area (Å²) in [7, 11) is 0. The van der Waals surface area contributed by atoms with Crippen LogP contribution in [0.1, 0.15) is 37.0 Å². The smallest absolute Gasteiger partial charge is 0.338 e. The summed E-state index contributed by atoms with van der Waals surface area (Å²) in [4.78, 5) is 20.5. The SMILES string of the molecule is CC(C)COC(=O)c1ccc(OCCCCSc2nc(-c3ccccc3)c(-c3ccccc3)[nH]2)cc1. The van der Waals surface area contributed by atoms with E-state index in [0.29, 0.717) is 24.7 Å². The Bertz CT molecular complexity index is 1170. The highest BCUT2D eigenvalue weighted by Gasteiger charge is 2.14. The van der Waals surface area contributed by atoms with Crippen molar-refractivity contribution < 1.29 is 14.3 Å². The Morgan fingerprint density at radius 3 is 2.22 bits per heavy atom. The zero-order valence-electron chi connectivity index (χ0n) is 20.8. The van der Waals surface area contributed by atoms with Gasteiger partial charge in [-0.1, -0.05) is 86.3 Å². The van der Waals surface area contributed by atoms with Crippen molar-refractivity contribution in [2.45, 2.75) is 31.8 Å². The lowest BCUT2D eigenvalue weighted by molar-refractivity contribution is 0.0459. The monoisotopic (exact) mass is 500 g/mol. The molecule has 6 heteroatoms. The number of carbonyl (C=O) groups is 1. The van der Waals surface area contributed by atoms with Gasteiger partial charge in [0.2, 0.25) is 0 Å². The van der Waals surface area contributed by atoms with Crippen LogP contribution in [0, 0.1) is 5.92 Å². The zero-order valence-corrected chi connectivity index (χ0v) is 21.6. The summed E-state index contributed by atoms with van der Waals surface area (Å²) in [5.41, 5.74) is 4.80. The van der Waals surface area contributed by atoms with Gasteiger partial charge in [-0.25, -0.2) is 9.78 Å². The Hall–Kier alpha value is -3.51. The molecule has 0 unspecified atom stereocenters.